The van der Waals surface area contributed by atoms with Crippen molar-refractivity contribution < 1.29 is 9.53 Å². The summed E-state index contributed by atoms with van der Waals surface area (Å²) < 4.78 is 5.20. The number of rotatable bonds is 2. The highest BCUT2D eigenvalue weighted by Gasteiger charge is 2.16. The summed E-state index contributed by atoms with van der Waals surface area (Å²) in [5.41, 5.74) is 8.06. The SMILES string of the molecule is Cc1cc([C@H](C)N)ccc1NC(=O)OC(C)(C)C. The summed E-state index contributed by atoms with van der Waals surface area (Å²) in [7, 11) is 0. The predicted octanol–water partition coefficient (Wildman–Crippen LogP) is 3.36. The van der Waals surface area contributed by atoms with Crippen molar-refractivity contribution in [3.63, 3.8) is 0 Å². The summed E-state index contributed by atoms with van der Waals surface area (Å²) in [4.78, 5) is 11.6. The van der Waals surface area contributed by atoms with E-state index in [9.17, 15) is 4.79 Å². The number of benzene rings is 1. The summed E-state index contributed by atoms with van der Waals surface area (Å²) in [5, 5.41) is 2.73. The van der Waals surface area contributed by atoms with Gasteiger partial charge in [-0.25, -0.2) is 4.79 Å². The van der Waals surface area contributed by atoms with Gasteiger partial charge in [0.15, 0.2) is 0 Å². The van der Waals surface area contributed by atoms with E-state index in [4.69, 9.17) is 10.5 Å². The molecule has 1 aromatic rings. The molecule has 0 aliphatic rings. The third kappa shape index (κ3) is 4.37. The summed E-state index contributed by atoms with van der Waals surface area (Å²) in [6, 6.07) is 5.71. The standard InChI is InChI=1S/C14H22N2O2/c1-9-8-11(10(2)15)6-7-12(9)16-13(17)18-14(3,4)5/h6-8,10H,15H2,1-5H3,(H,16,17)/t10-/m0/s1. The molecule has 100 valence electrons. The largest absolute Gasteiger partial charge is 0.444 e. The molecule has 0 aliphatic heterocycles. The Kier molecular flexibility index (Phi) is 4.35. The number of carbonyl (C=O) groups excluding carboxylic acids is 1. The Hall–Kier alpha value is -1.55. The first-order chi connectivity index (χ1) is 8.19. The van der Waals surface area contributed by atoms with Crippen LogP contribution in [-0.2, 0) is 4.74 Å². The zero-order valence-corrected chi connectivity index (χ0v) is 11.7. The minimum Gasteiger partial charge on any atom is -0.444 e. The summed E-state index contributed by atoms with van der Waals surface area (Å²) in [6.45, 7) is 9.35. The van der Waals surface area contributed by atoms with Crippen LogP contribution in [0.4, 0.5) is 10.5 Å². The van der Waals surface area contributed by atoms with Gasteiger partial charge >= 0.3 is 6.09 Å². The Morgan fingerprint density at radius 3 is 2.44 bits per heavy atom. The van der Waals surface area contributed by atoms with Gasteiger partial charge < -0.3 is 10.5 Å². The van der Waals surface area contributed by atoms with E-state index in [2.05, 4.69) is 5.32 Å². The van der Waals surface area contributed by atoms with Crippen molar-refractivity contribution in [1.29, 1.82) is 0 Å². The van der Waals surface area contributed by atoms with Crippen LogP contribution in [0.25, 0.3) is 0 Å². The van der Waals surface area contributed by atoms with Crippen molar-refractivity contribution in [3.8, 4) is 0 Å². The maximum atomic E-state index is 11.6. The second kappa shape index (κ2) is 5.40. The second-order valence-corrected chi connectivity index (χ2v) is 5.49. The number of ether oxygens (including phenoxy) is 1. The van der Waals surface area contributed by atoms with Gasteiger partial charge in [-0.1, -0.05) is 12.1 Å². The van der Waals surface area contributed by atoms with Crippen molar-refractivity contribution >= 4 is 11.8 Å². The molecule has 1 atom stereocenters. The molecule has 0 heterocycles. The first kappa shape index (κ1) is 14.5. The van der Waals surface area contributed by atoms with Crippen molar-refractivity contribution in [2.75, 3.05) is 5.32 Å². The number of carbonyl (C=O) groups is 1. The van der Waals surface area contributed by atoms with Crippen LogP contribution in [0, 0.1) is 6.92 Å². The molecule has 0 bridgehead atoms. The number of anilines is 1. The van der Waals surface area contributed by atoms with Crippen LogP contribution in [-0.4, -0.2) is 11.7 Å². The van der Waals surface area contributed by atoms with Gasteiger partial charge in [0.05, 0.1) is 0 Å². The normalized spacial score (nSPS) is 13.0. The predicted molar refractivity (Wildman–Crippen MR) is 73.6 cm³/mol. The van der Waals surface area contributed by atoms with Crippen molar-refractivity contribution in [2.24, 2.45) is 5.73 Å². The van der Waals surface area contributed by atoms with Gasteiger partial charge in [-0.05, 0) is 51.8 Å². The Morgan fingerprint density at radius 1 is 1.39 bits per heavy atom. The minimum atomic E-state index is -0.496. The van der Waals surface area contributed by atoms with Gasteiger partial charge in [-0.3, -0.25) is 5.32 Å². The van der Waals surface area contributed by atoms with E-state index in [-0.39, 0.29) is 6.04 Å². The van der Waals surface area contributed by atoms with Crippen LogP contribution in [0.1, 0.15) is 44.9 Å². The fraction of sp³-hybridized carbons (Fsp3) is 0.500. The Bertz CT molecular complexity index is 434. The van der Waals surface area contributed by atoms with Gasteiger partial charge in [-0.15, -0.1) is 0 Å². The summed E-state index contributed by atoms with van der Waals surface area (Å²) in [5.74, 6) is 0. The summed E-state index contributed by atoms with van der Waals surface area (Å²) >= 11 is 0. The lowest BCUT2D eigenvalue weighted by Gasteiger charge is -2.20. The molecule has 1 amide bonds. The quantitative estimate of drug-likeness (QED) is 0.845. The highest BCUT2D eigenvalue weighted by molar-refractivity contribution is 5.85. The smallest absolute Gasteiger partial charge is 0.412 e. The lowest BCUT2D eigenvalue weighted by atomic mass is 10.1. The molecule has 0 spiro atoms. The maximum absolute atomic E-state index is 11.6. The van der Waals surface area contributed by atoms with Crippen molar-refractivity contribution in [1.82, 2.24) is 0 Å². The fourth-order valence-electron chi connectivity index (χ4n) is 1.52. The van der Waals surface area contributed by atoms with Crippen LogP contribution in [0.2, 0.25) is 0 Å². The molecule has 0 saturated heterocycles. The number of hydrogen-bond donors (Lipinski definition) is 2. The van der Waals surface area contributed by atoms with Crippen molar-refractivity contribution in [2.45, 2.75) is 46.3 Å². The van der Waals surface area contributed by atoms with E-state index in [0.717, 1.165) is 16.8 Å². The Labute approximate surface area is 109 Å². The molecule has 0 fully saturated rings. The molecule has 18 heavy (non-hydrogen) atoms. The highest BCUT2D eigenvalue weighted by atomic mass is 16.6. The number of nitrogens with two attached hydrogens (primary N) is 1. The summed E-state index contributed by atoms with van der Waals surface area (Å²) in [6.07, 6.45) is -0.445. The van der Waals surface area contributed by atoms with E-state index in [1.807, 2.05) is 52.8 Å². The zero-order valence-electron chi connectivity index (χ0n) is 11.7. The molecule has 0 unspecified atom stereocenters. The van der Waals surface area contributed by atoms with E-state index < -0.39 is 11.7 Å². The maximum Gasteiger partial charge on any atom is 0.412 e. The molecule has 1 aromatic carbocycles. The molecule has 0 radical (unpaired) electrons. The molecular weight excluding hydrogens is 228 g/mol. The number of hydrogen-bond acceptors (Lipinski definition) is 3. The molecule has 0 saturated carbocycles. The van der Waals surface area contributed by atoms with E-state index in [0.29, 0.717) is 0 Å². The third-order valence-corrected chi connectivity index (χ3v) is 2.41. The average Bonchev–Trinajstić information content (AvgIpc) is 2.17. The zero-order chi connectivity index (χ0) is 13.9. The van der Waals surface area contributed by atoms with Gasteiger partial charge in [0.25, 0.3) is 0 Å². The molecule has 0 aromatic heterocycles. The van der Waals surface area contributed by atoms with E-state index in [1.54, 1.807) is 0 Å². The van der Waals surface area contributed by atoms with Crippen LogP contribution >= 0.6 is 0 Å². The topological polar surface area (TPSA) is 64.3 Å². The van der Waals surface area contributed by atoms with Crippen molar-refractivity contribution in [3.05, 3.63) is 29.3 Å². The average molecular weight is 250 g/mol. The molecule has 3 N–H and O–H groups in total. The Morgan fingerprint density at radius 2 is 2.00 bits per heavy atom. The lowest BCUT2D eigenvalue weighted by molar-refractivity contribution is 0.0636. The molecule has 4 heteroatoms. The first-order valence-corrected chi connectivity index (χ1v) is 6.05. The van der Waals surface area contributed by atoms with Gasteiger partial charge in [0, 0.05) is 11.7 Å². The van der Waals surface area contributed by atoms with E-state index >= 15 is 0 Å². The van der Waals surface area contributed by atoms with Crippen LogP contribution < -0.4 is 11.1 Å². The minimum absolute atomic E-state index is 0.0146. The highest BCUT2D eigenvalue weighted by Crippen LogP contribution is 2.20. The lowest BCUT2D eigenvalue weighted by Crippen LogP contribution is -2.27. The molecular formula is C14H22N2O2. The Balaban J connectivity index is 2.77. The second-order valence-electron chi connectivity index (χ2n) is 5.49. The number of amides is 1. The van der Waals surface area contributed by atoms with Gasteiger partial charge in [-0.2, -0.15) is 0 Å². The first-order valence-electron chi connectivity index (χ1n) is 6.05. The van der Waals surface area contributed by atoms with Gasteiger partial charge in [0.1, 0.15) is 5.60 Å². The molecule has 4 nitrogen and oxygen atoms in total. The molecule has 1 rings (SSSR count). The van der Waals surface area contributed by atoms with Crippen LogP contribution in [0.15, 0.2) is 18.2 Å². The number of aryl methyl sites for hydroxylation is 1. The third-order valence-electron chi connectivity index (χ3n) is 2.41. The number of nitrogens with one attached hydrogen (secondary N) is 1. The molecule has 0 aliphatic carbocycles. The van der Waals surface area contributed by atoms with Gasteiger partial charge in [0.2, 0.25) is 0 Å². The van der Waals surface area contributed by atoms with Crippen LogP contribution in [0.3, 0.4) is 0 Å². The van der Waals surface area contributed by atoms with E-state index in [1.165, 1.54) is 0 Å². The van der Waals surface area contributed by atoms with Crippen LogP contribution in [0.5, 0.6) is 0 Å². The monoisotopic (exact) mass is 250 g/mol. The fourth-order valence-corrected chi connectivity index (χ4v) is 1.52.